The van der Waals surface area contributed by atoms with Gasteiger partial charge in [0.2, 0.25) is 0 Å². The average molecular weight is 197 g/mol. The van der Waals surface area contributed by atoms with Gasteiger partial charge < -0.3 is 5.73 Å². The van der Waals surface area contributed by atoms with Gasteiger partial charge in [0.15, 0.2) is 0 Å². The molecule has 2 aliphatic rings. The van der Waals surface area contributed by atoms with Gasteiger partial charge in [-0.2, -0.15) is 0 Å². The second kappa shape index (κ2) is 5.10. The van der Waals surface area contributed by atoms with Crippen molar-refractivity contribution in [3.8, 4) is 0 Å². The van der Waals surface area contributed by atoms with Crippen molar-refractivity contribution in [3.63, 3.8) is 0 Å². The fourth-order valence-corrected chi connectivity index (χ4v) is 2.60. The lowest BCUT2D eigenvalue weighted by molar-refractivity contribution is 0.0213. The first-order valence-electron chi connectivity index (χ1n) is 6.11. The van der Waals surface area contributed by atoms with Crippen LogP contribution in [-0.4, -0.2) is 42.3 Å². The van der Waals surface area contributed by atoms with Gasteiger partial charge in [-0.15, -0.1) is 0 Å². The predicted octanol–water partition coefficient (Wildman–Crippen LogP) is 1.20. The number of nitrogens with two attached hydrogens (primary N) is 1. The average Bonchev–Trinajstić information content (AvgIpc) is 2.30. The van der Waals surface area contributed by atoms with E-state index in [1.165, 1.54) is 64.7 Å². The summed E-state index contributed by atoms with van der Waals surface area (Å²) in [5, 5.41) is 0. The Balaban J connectivity index is 1.82. The molecule has 0 aliphatic carbocycles. The lowest BCUT2D eigenvalue weighted by Gasteiger charge is -2.40. The summed E-state index contributed by atoms with van der Waals surface area (Å²) in [7, 11) is 0. The Kier molecular flexibility index (Phi) is 3.79. The number of piperidine rings is 2. The second-order valence-electron chi connectivity index (χ2n) is 4.61. The van der Waals surface area contributed by atoms with Crippen LogP contribution in [0.3, 0.4) is 0 Å². The number of hydrogen-bond donors (Lipinski definition) is 1. The summed E-state index contributed by atoms with van der Waals surface area (Å²) in [6.45, 7) is 4.82. The summed E-state index contributed by atoms with van der Waals surface area (Å²) in [4.78, 5) is 4.91. The first-order chi connectivity index (χ1) is 6.88. The van der Waals surface area contributed by atoms with Gasteiger partial charge >= 0.3 is 0 Å². The quantitative estimate of drug-likeness (QED) is 0.722. The molecule has 3 heteroatoms. The zero-order valence-corrected chi connectivity index (χ0v) is 9.12. The summed E-state index contributed by atoms with van der Waals surface area (Å²) < 4.78 is 0. The lowest BCUT2D eigenvalue weighted by atomic mass is 10.1. The molecular weight excluding hydrogens is 174 g/mol. The van der Waals surface area contributed by atoms with Crippen molar-refractivity contribution in [2.45, 2.75) is 44.8 Å². The molecule has 3 nitrogen and oxygen atoms in total. The molecule has 0 unspecified atom stereocenters. The molecule has 0 bridgehead atoms. The largest absolute Gasteiger partial charge is 0.303 e. The third-order valence-corrected chi connectivity index (χ3v) is 3.53. The monoisotopic (exact) mass is 197 g/mol. The van der Waals surface area contributed by atoms with Crippen molar-refractivity contribution in [2.75, 3.05) is 26.2 Å². The van der Waals surface area contributed by atoms with Crippen molar-refractivity contribution in [1.82, 2.24) is 9.80 Å². The maximum atomic E-state index is 6.28. The molecule has 2 fully saturated rings. The minimum absolute atomic E-state index is 0.204. The van der Waals surface area contributed by atoms with E-state index < -0.39 is 0 Å². The van der Waals surface area contributed by atoms with Crippen molar-refractivity contribution in [3.05, 3.63) is 0 Å². The van der Waals surface area contributed by atoms with Gasteiger partial charge in [-0.3, -0.25) is 9.80 Å². The van der Waals surface area contributed by atoms with Gasteiger partial charge in [0.25, 0.3) is 0 Å². The fraction of sp³-hybridized carbons (Fsp3) is 1.00. The molecule has 2 N–H and O–H groups in total. The molecule has 14 heavy (non-hydrogen) atoms. The van der Waals surface area contributed by atoms with Crippen molar-refractivity contribution >= 4 is 0 Å². The van der Waals surface area contributed by atoms with E-state index in [9.17, 15) is 0 Å². The van der Waals surface area contributed by atoms with E-state index in [-0.39, 0.29) is 6.29 Å². The Bertz CT molecular complexity index is 142. The van der Waals surface area contributed by atoms with Gasteiger partial charge in [-0.1, -0.05) is 12.8 Å². The van der Waals surface area contributed by atoms with E-state index in [4.69, 9.17) is 5.73 Å². The Morgan fingerprint density at radius 1 is 0.643 bits per heavy atom. The molecule has 0 saturated carbocycles. The lowest BCUT2D eigenvalue weighted by Crippen LogP contribution is -2.56. The molecule has 0 radical (unpaired) electrons. The Morgan fingerprint density at radius 2 is 1.00 bits per heavy atom. The highest BCUT2D eigenvalue weighted by Gasteiger charge is 2.23. The normalized spacial score (nSPS) is 27.0. The van der Waals surface area contributed by atoms with Gasteiger partial charge in [-0.05, 0) is 25.7 Å². The van der Waals surface area contributed by atoms with Crippen molar-refractivity contribution in [1.29, 1.82) is 0 Å². The van der Waals surface area contributed by atoms with Crippen LogP contribution in [0.15, 0.2) is 0 Å². The topological polar surface area (TPSA) is 32.5 Å². The van der Waals surface area contributed by atoms with Gasteiger partial charge in [0, 0.05) is 26.2 Å². The molecule has 0 aromatic heterocycles. The Morgan fingerprint density at radius 3 is 1.36 bits per heavy atom. The summed E-state index contributed by atoms with van der Waals surface area (Å²) in [5.41, 5.74) is 6.28. The minimum Gasteiger partial charge on any atom is -0.303 e. The second-order valence-corrected chi connectivity index (χ2v) is 4.61. The SMILES string of the molecule is NC(N1CCCCC1)N1CCCCC1. The van der Waals surface area contributed by atoms with E-state index >= 15 is 0 Å². The maximum Gasteiger partial charge on any atom is 0.114 e. The van der Waals surface area contributed by atoms with Crippen LogP contribution in [-0.2, 0) is 0 Å². The third-order valence-electron chi connectivity index (χ3n) is 3.53. The van der Waals surface area contributed by atoms with Crippen LogP contribution in [0.25, 0.3) is 0 Å². The molecule has 0 aromatic carbocycles. The number of likely N-dealkylation sites (tertiary alicyclic amines) is 2. The smallest absolute Gasteiger partial charge is 0.114 e. The van der Waals surface area contributed by atoms with Gasteiger partial charge in [0.1, 0.15) is 6.29 Å². The highest BCUT2D eigenvalue weighted by atomic mass is 15.4. The number of nitrogens with zero attached hydrogens (tertiary/aromatic N) is 2. The van der Waals surface area contributed by atoms with Crippen LogP contribution in [0.1, 0.15) is 38.5 Å². The number of rotatable bonds is 2. The van der Waals surface area contributed by atoms with Gasteiger partial charge in [-0.25, -0.2) is 0 Å². The minimum atomic E-state index is 0.204. The van der Waals surface area contributed by atoms with Gasteiger partial charge in [0.05, 0.1) is 0 Å². The first-order valence-corrected chi connectivity index (χ1v) is 6.11. The summed E-state index contributed by atoms with van der Waals surface area (Å²) in [6.07, 6.45) is 8.33. The first kappa shape index (κ1) is 10.4. The highest BCUT2D eigenvalue weighted by Crippen LogP contribution is 2.16. The third kappa shape index (κ3) is 2.47. The molecule has 0 amide bonds. The summed E-state index contributed by atoms with van der Waals surface area (Å²) in [6, 6.07) is 0. The summed E-state index contributed by atoms with van der Waals surface area (Å²) in [5.74, 6) is 0. The standard InChI is InChI=1S/C11H23N3/c12-11(13-7-3-1-4-8-13)14-9-5-2-6-10-14/h11H,1-10,12H2. The molecule has 2 heterocycles. The van der Waals surface area contributed by atoms with E-state index in [1.54, 1.807) is 0 Å². The molecule has 2 rings (SSSR count). The van der Waals surface area contributed by atoms with Crippen molar-refractivity contribution in [2.24, 2.45) is 5.73 Å². The number of hydrogen-bond acceptors (Lipinski definition) is 3. The van der Waals surface area contributed by atoms with E-state index in [0.717, 1.165) is 0 Å². The molecular formula is C11H23N3. The zero-order chi connectivity index (χ0) is 9.80. The Labute approximate surface area is 87.2 Å². The molecule has 0 atom stereocenters. The highest BCUT2D eigenvalue weighted by molar-refractivity contribution is 4.74. The molecule has 0 aromatic rings. The molecule has 0 spiro atoms. The van der Waals surface area contributed by atoms with Crippen LogP contribution in [0.4, 0.5) is 0 Å². The summed E-state index contributed by atoms with van der Waals surface area (Å²) >= 11 is 0. The molecule has 2 aliphatic heterocycles. The fourth-order valence-electron chi connectivity index (χ4n) is 2.60. The van der Waals surface area contributed by atoms with E-state index in [0.29, 0.717) is 0 Å². The van der Waals surface area contributed by atoms with Crippen LogP contribution in [0.2, 0.25) is 0 Å². The zero-order valence-electron chi connectivity index (χ0n) is 9.12. The molecule has 82 valence electrons. The van der Waals surface area contributed by atoms with Crippen LogP contribution in [0, 0.1) is 0 Å². The van der Waals surface area contributed by atoms with E-state index in [2.05, 4.69) is 9.80 Å². The van der Waals surface area contributed by atoms with E-state index in [1.807, 2.05) is 0 Å². The van der Waals surface area contributed by atoms with Crippen LogP contribution >= 0.6 is 0 Å². The maximum absolute atomic E-state index is 6.28. The van der Waals surface area contributed by atoms with Crippen LogP contribution in [0.5, 0.6) is 0 Å². The van der Waals surface area contributed by atoms with Crippen molar-refractivity contribution < 1.29 is 0 Å². The Hall–Kier alpha value is -0.120. The molecule has 2 saturated heterocycles. The van der Waals surface area contributed by atoms with Crippen LogP contribution < -0.4 is 5.73 Å². The predicted molar refractivity (Wildman–Crippen MR) is 58.8 cm³/mol.